The van der Waals surface area contributed by atoms with Crippen molar-refractivity contribution in [1.29, 1.82) is 0 Å². The number of halogens is 1. The van der Waals surface area contributed by atoms with Crippen LogP contribution in [0.25, 0.3) is 10.2 Å². The summed E-state index contributed by atoms with van der Waals surface area (Å²) in [6.07, 6.45) is 0. The van der Waals surface area contributed by atoms with Crippen LogP contribution in [0.1, 0.15) is 0 Å². The molecule has 0 aliphatic rings. The minimum atomic E-state index is -0.0469. The molecule has 2 rings (SSSR count). The Morgan fingerprint density at radius 1 is 1.64 bits per heavy atom. The standard InChI is InChI=1S/C6H3IN2OS/c7-6-8-3-1-2-11-4(3)5(10)9-6/h1-2H,(H,8,9,10). The van der Waals surface area contributed by atoms with E-state index in [0.717, 1.165) is 5.52 Å². The Hall–Kier alpha value is -0.430. The Labute approximate surface area is 79.6 Å². The second kappa shape index (κ2) is 2.56. The van der Waals surface area contributed by atoms with E-state index in [2.05, 4.69) is 9.97 Å². The fourth-order valence-corrected chi connectivity index (χ4v) is 2.07. The van der Waals surface area contributed by atoms with E-state index in [9.17, 15) is 4.79 Å². The van der Waals surface area contributed by atoms with Crippen LogP contribution in [-0.2, 0) is 0 Å². The summed E-state index contributed by atoms with van der Waals surface area (Å²) in [5.74, 6) is 0. The number of nitrogens with one attached hydrogen (secondary N) is 1. The molecule has 0 aliphatic heterocycles. The molecule has 0 fully saturated rings. The van der Waals surface area contributed by atoms with E-state index in [1.54, 1.807) is 0 Å². The van der Waals surface area contributed by atoms with E-state index < -0.39 is 0 Å². The van der Waals surface area contributed by atoms with Crippen molar-refractivity contribution in [3.05, 3.63) is 25.6 Å². The average molecular weight is 278 g/mol. The summed E-state index contributed by atoms with van der Waals surface area (Å²) in [6, 6.07) is 1.84. The molecular weight excluding hydrogens is 275 g/mol. The fraction of sp³-hybridized carbons (Fsp3) is 0. The molecule has 0 radical (unpaired) electrons. The molecule has 0 aromatic carbocycles. The number of hydrogen-bond acceptors (Lipinski definition) is 3. The Morgan fingerprint density at radius 2 is 2.45 bits per heavy atom. The van der Waals surface area contributed by atoms with Crippen LogP contribution < -0.4 is 5.56 Å². The third-order valence-electron chi connectivity index (χ3n) is 1.29. The summed E-state index contributed by atoms with van der Waals surface area (Å²) in [6.45, 7) is 0. The molecule has 0 amide bonds. The maximum atomic E-state index is 11.2. The van der Waals surface area contributed by atoms with Crippen molar-refractivity contribution in [3.8, 4) is 0 Å². The molecule has 0 aliphatic carbocycles. The number of rotatable bonds is 0. The third-order valence-corrected chi connectivity index (χ3v) is 2.70. The molecule has 5 heteroatoms. The maximum Gasteiger partial charge on any atom is 0.269 e. The number of hydrogen-bond donors (Lipinski definition) is 1. The first-order valence-electron chi connectivity index (χ1n) is 2.90. The number of fused-ring (bicyclic) bond motifs is 1. The van der Waals surface area contributed by atoms with Crippen LogP contribution in [0.2, 0.25) is 0 Å². The van der Waals surface area contributed by atoms with Crippen LogP contribution in [0.15, 0.2) is 16.2 Å². The van der Waals surface area contributed by atoms with Gasteiger partial charge in [-0.25, -0.2) is 4.98 Å². The third kappa shape index (κ3) is 1.18. The van der Waals surface area contributed by atoms with E-state index in [-0.39, 0.29) is 5.56 Å². The van der Waals surface area contributed by atoms with Crippen molar-refractivity contribution in [1.82, 2.24) is 9.97 Å². The molecule has 0 unspecified atom stereocenters. The zero-order valence-corrected chi connectivity index (χ0v) is 8.27. The van der Waals surface area contributed by atoms with E-state index in [4.69, 9.17) is 0 Å². The minimum absolute atomic E-state index is 0.0469. The smallest absolute Gasteiger partial charge is 0.269 e. The minimum Gasteiger partial charge on any atom is -0.301 e. The van der Waals surface area contributed by atoms with Crippen molar-refractivity contribution in [3.63, 3.8) is 0 Å². The topological polar surface area (TPSA) is 45.8 Å². The summed E-state index contributed by atoms with van der Waals surface area (Å²) in [4.78, 5) is 17.9. The van der Waals surface area contributed by atoms with Crippen LogP contribution in [0, 0.1) is 3.83 Å². The first-order chi connectivity index (χ1) is 5.27. The van der Waals surface area contributed by atoms with Gasteiger partial charge < -0.3 is 4.98 Å². The Morgan fingerprint density at radius 3 is 3.27 bits per heavy atom. The van der Waals surface area contributed by atoms with Crippen LogP contribution >= 0.6 is 33.9 Å². The highest BCUT2D eigenvalue weighted by molar-refractivity contribution is 14.1. The van der Waals surface area contributed by atoms with Crippen molar-refractivity contribution in [2.24, 2.45) is 0 Å². The molecule has 2 heterocycles. The van der Waals surface area contributed by atoms with E-state index in [1.807, 2.05) is 34.0 Å². The van der Waals surface area contributed by atoms with E-state index in [1.165, 1.54) is 11.3 Å². The van der Waals surface area contributed by atoms with Crippen molar-refractivity contribution >= 4 is 44.1 Å². The van der Waals surface area contributed by atoms with Gasteiger partial charge in [-0.15, -0.1) is 11.3 Å². The maximum absolute atomic E-state index is 11.2. The normalized spacial score (nSPS) is 10.6. The molecule has 2 aromatic rings. The highest BCUT2D eigenvalue weighted by Gasteiger charge is 2.01. The lowest BCUT2D eigenvalue weighted by Gasteiger charge is -1.88. The fourth-order valence-electron chi connectivity index (χ4n) is 0.845. The van der Waals surface area contributed by atoms with Gasteiger partial charge in [-0.05, 0) is 34.0 Å². The summed E-state index contributed by atoms with van der Waals surface area (Å²) < 4.78 is 1.34. The lowest BCUT2D eigenvalue weighted by molar-refractivity contribution is 1.12. The summed E-state index contributed by atoms with van der Waals surface area (Å²) in [5, 5.41) is 1.86. The predicted octanol–water partition coefficient (Wildman–Crippen LogP) is 1.59. The second-order valence-electron chi connectivity index (χ2n) is 1.99. The van der Waals surface area contributed by atoms with Gasteiger partial charge in [0.05, 0.1) is 5.52 Å². The van der Waals surface area contributed by atoms with Gasteiger partial charge in [-0.3, -0.25) is 4.79 Å². The lowest BCUT2D eigenvalue weighted by Crippen LogP contribution is -2.07. The van der Waals surface area contributed by atoms with Crippen molar-refractivity contribution < 1.29 is 0 Å². The van der Waals surface area contributed by atoms with Crippen LogP contribution in [0.4, 0.5) is 0 Å². The van der Waals surface area contributed by atoms with Crippen LogP contribution in [0.3, 0.4) is 0 Å². The number of thiophene rings is 1. The molecule has 0 spiro atoms. The summed E-state index contributed by atoms with van der Waals surface area (Å²) in [5.41, 5.74) is 0.734. The Bertz CT molecular complexity index is 447. The van der Waals surface area contributed by atoms with Crippen molar-refractivity contribution in [2.75, 3.05) is 0 Å². The van der Waals surface area contributed by atoms with E-state index >= 15 is 0 Å². The molecular formula is C6H3IN2OS. The van der Waals surface area contributed by atoms with Gasteiger partial charge in [0.1, 0.15) is 4.70 Å². The molecule has 0 atom stereocenters. The van der Waals surface area contributed by atoms with Gasteiger partial charge >= 0.3 is 0 Å². The number of aromatic nitrogens is 2. The predicted molar refractivity (Wildman–Crippen MR) is 53.0 cm³/mol. The zero-order chi connectivity index (χ0) is 7.84. The molecule has 11 heavy (non-hydrogen) atoms. The van der Waals surface area contributed by atoms with Gasteiger partial charge in [0.2, 0.25) is 0 Å². The molecule has 0 bridgehead atoms. The first kappa shape index (κ1) is 7.23. The molecule has 56 valence electrons. The van der Waals surface area contributed by atoms with E-state index in [0.29, 0.717) is 8.53 Å². The molecule has 2 aromatic heterocycles. The summed E-state index contributed by atoms with van der Waals surface area (Å²) in [7, 11) is 0. The SMILES string of the molecule is O=c1[nH]c(I)nc2ccsc12. The number of nitrogens with zero attached hydrogens (tertiary/aromatic N) is 1. The number of H-pyrrole nitrogens is 1. The molecule has 0 saturated heterocycles. The Balaban J connectivity index is 3.02. The molecule has 1 N–H and O–H groups in total. The van der Waals surface area contributed by atoms with Crippen LogP contribution in [-0.4, -0.2) is 9.97 Å². The highest BCUT2D eigenvalue weighted by Crippen LogP contribution is 2.13. The Kier molecular flexibility index (Phi) is 1.68. The van der Waals surface area contributed by atoms with Crippen molar-refractivity contribution in [2.45, 2.75) is 0 Å². The van der Waals surface area contributed by atoms with Gasteiger partial charge in [-0.1, -0.05) is 0 Å². The quantitative estimate of drug-likeness (QED) is 0.587. The van der Waals surface area contributed by atoms with Crippen LogP contribution in [0.5, 0.6) is 0 Å². The van der Waals surface area contributed by atoms with Gasteiger partial charge in [0.15, 0.2) is 3.83 Å². The lowest BCUT2D eigenvalue weighted by atomic mass is 10.5. The monoisotopic (exact) mass is 278 g/mol. The average Bonchev–Trinajstić information content (AvgIpc) is 2.34. The first-order valence-corrected chi connectivity index (χ1v) is 4.86. The molecule has 0 saturated carbocycles. The summed E-state index contributed by atoms with van der Waals surface area (Å²) >= 11 is 3.40. The largest absolute Gasteiger partial charge is 0.301 e. The molecule has 3 nitrogen and oxygen atoms in total. The highest BCUT2D eigenvalue weighted by atomic mass is 127. The van der Waals surface area contributed by atoms with Gasteiger partial charge in [-0.2, -0.15) is 0 Å². The van der Waals surface area contributed by atoms with Gasteiger partial charge in [0, 0.05) is 0 Å². The number of aromatic amines is 1. The second-order valence-corrected chi connectivity index (χ2v) is 3.93. The van der Waals surface area contributed by atoms with Gasteiger partial charge in [0.25, 0.3) is 5.56 Å². The zero-order valence-electron chi connectivity index (χ0n) is 5.30.